The predicted molar refractivity (Wildman–Crippen MR) is 109 cm³/mol. The number of amides is 1. The van der Waals surface area contributed by atoms with Crippen LogP contribution in [0.2, 0.25) is 0 Å². The van der Waals surface area contributed by atoms with Crippen molar-refractivity contribution in [2.75, 3.05) is 13.1 Å². The summed E-state index contributed by atoms with van der Waals surface area (Å²) in [5.74, 6) is 0.574. The van der Waals surface area contributed by atoms with Crippen molar-refractivity contribution in [3.05, 3.63) is 63.5 Å². The Hall–Kier alpha value is -2.93. The number of fused-ring (bicyclic) bond motifs is 1. The summed E-state index contributed by atoms with van der Waals surface area (Å²) in [6.45, 7) is 7.02. The third-order valence-electron chi connectivity index (χ3n) is 5.92. The minimum Gasteiger partial charge on any atom is -0.451 e. The highest BCUT2D eigenvalue weighted by molar-refractivity contribution is 5.93. The minimum absolute atomic E-state index is 0.0432. The fraction of sp³-hybridized carbons (Fsp3) is 0.409. The SMILES string of the molecule is Cc1cc2oc(C(=O)N3CCC(O)(Cn4ccnc4C)CC3)cc(=O)c2cc1C. The Kier molecular flexibility index (Phi) is 4.78. The quantitative estimate of drug-likeness (QED) is 0.736. The Balaban J connectivity index is 1.52. The Labute approximate surface area is 168 Å². The fourth-order valence-corrected chi connectivity index (χ4v) is 3.84. The van der Waals surface area contributed by atoms with Gasteiger partial charge in [0, 0.05) is 31.5 Å². The summed E-state index contributed by atoms with van der Waals surface area (Å²) < 4.78 is 7.70. The predicted octanol–water partition coefficient (Wildman–Crippen LogP) is 2.58. The first-order valence-corrected chi connectivity index (χ1v) is 9.80. The molecule has 0 unspecified atom stereocenters. The van der Waals surface area contributed by atoms with Crippen LogP contribution >= 0.6 is 0 Å². The number of likely N-dealkylation sites (tertiary alicyclic amines) is 1. The van der Waals surface area contributed by atoms with Crippen LogP contribution < -0.4 is 5.43 Å². The molecule has 1 aromatic carbocycles. The van der Waals surface area contributed by atoms with Gasteiger partial charge in [-0.1, -0.05) is 0 Å². The number of piperidine rings is 1. The number of imidazole rings is 1. The lowest BCUT2D eigenvalue weighted by Crippen LogP contribution is -2.48. The molecule has 3 aromatic rings. The molecule has 1 aliphatic heterocycles. The highest BCUT2D eigenvalue weighted by Gasteiger charge is 2.35. The third kappa shape index (κ3) is 3.70. The van der Waals surface area contributed by atoms with E-state index < -0.39 is 5.60 Å². The summed E-state index contributed by atoms with van der Waals surface area (Å²) in [5.41, 5.74) is 1.33. The molecule has 3 heterocycles. The second-order valence-electron chi connectivity index (χ2n) is 8.03. The fourth-order valence-electron chi connectivity index (χ4n) is 3.84. The molecule has 2 aromatic heterocycles. The summed E-state index contributed by atoms with van der Waals surface area (Å²) in [4.78, 5) is 31.2. The van der Waals surface area contributed by atoms with Gasteiger partial charge < -0.3 is 19.0 Å². The second-order valence-corrected chi connectivity index (χ2v) is 8.03. The molecule has 0 atom stereocenters. The van der Waals surface area contributed by atoms with Crippen LogP contribution in [0.25, 0.3) is 11.0 Å². The van der Waals surface area contributed by atoms with E-state index >= 15 is 0 Å². The summed E-state index contributed by atoms with van der Waals surface area (Å²) in [5, 5.41) is 11.4. The van der Waals surface area contributed by atoms with Gasteiger partial charge in [0.25, 0.3) is 5.91 Å². The first-order valence-electron chi connectivity index (χ1n) is 9.80. The standard InChI is InChI=1S/C22H25N3O4/c1-14-10-17-18(26)12-20(29-19(17)11-15(14)2)21(27)24-7-4-22(28,5-8-24)13-25-9-6-23-16(25)3/h6,9-12,28H,4-5,7-8,13H2,1-3H3. The molecule has 152 valence electrons. The van der Waals surface area contributed by atoms with Crippen LogP contribution in [0, 0.1) is 20.8 Å². The molecule has 0 radical (unpaired) electrons. The normalized spacial score (nSPS) is 16.3. The zero-order chi connectivity index (χ0) is 20.8. The molecular formula is C22H25N3O4. The molecule has 1 fully saturated rings. The molecule has 1 aliphatic rings. The number of rotatable bonds is 3. The van der Waals surface area contributed by atoms with Gasteiger partial charge in [-0.15, -0.1) is 0 Å². The number of hydrogen-bond acceptors (Lipinski definition) is 5. The van der Waals surface area contributed by atoms with Gasteiger partial charge in [0.1, 0.15) is 11.4 Å². The lowest BCUT2D eigenvalue weighted by molar-refractivity contribution is -0.0301. The van der Waals surface area contributed by atoms with Crippen molar-refractivity contribution >= 4 is 16.9 Å². The molecule has 0 aliphatic carbocycles. The maximum atomic E-state index is 12.9. The van der Waals surface area contributed by atoms with Crippen LogP contribution in [0.4, 0.5) is 0 Å². The van der Waals surface area contributed by atoms with Gasteiger partial charge in [-0.25, -0.2) is 4.98 Å². The minimum atomic E-state index is -0.888. The number of carbonyl (C=O) groups excluding carboxylic acids is 1. The smallest absolute Gasteiger partial charge is 0.289 e. The van der Waals surface area contributed by atoms with Gasteiger partial charge in [-0.3, -0.25) is 9.59 Å². The van der Waals surface area contributed by atoms with Crippen molar-refractivity contribution in [3.63, 3.8) is 0 Å². The van der Waals surface area contributed by atoms with Crippen LogP contribution in [0.1, 0.15) is 40.3 Å². The van der Waals surface area contributed by atoms with E-state index in [1.54, 1.807) is 23.2 Å². The van der Waals surface area contributed by atoms with E-state index in [1.807, 2.05) is 31.5 Å². The highest BCUT2D eigenvalue weighted by Crippen LogP contribution is 2.26. The molecule has 1 saturated heterocycles. The summed E-state index contributed by atoms with van der Waals surface area (Å²) in [6, 6.07) is 4.87. The number of aryl methyl sites for hydroxylation is 3. The van der Waals surface area contributed by atoms with E-state index in [4.69, 9.17) is 4.42 Å². The lowest BCUT2D eigenvalue weighted by Gasteiger charge is -2.38. The molecular weight excluding hydrogens is 370 g/mol. The van der Waals surface area contributed by atoms with Crippen molar-refractivity contribution in [1.82, 2.24) is 14.5 Å². The Morgan fingerprint density at radius 3 is 2.52 bits per heavy atom. The third-order valence-corrected chi connectivity index (χ3v) is 5.92. The Morgan fingerprint density at radius 1 is 1.17 bits per heavy atom. The molecule has 0 saturated carbocycles. The van der Waals surface area contributed by atoms with Crippen LogP contribution in [0.15, 0.2) is 39.8 Å². The average Bonchev–Trinajstić information content (AvgIpc) is 3.07. The topological polar surface area (TPSA) is 88.6 Å². The molecule has 0 spiro atoms. The van der Waals surface area contributed by atoms with E-state index in [2.05, 4.69) is 4.98 Å². The van der Waals surface area contributed by atoms with Gasteiger partial charge in [0.2, 0.25) is 0 Å². The molecule has 4 rings (SSSR count). The first kappa shape index (κ1) is 19.4. The number of nitrogens with zero attached hydrogens (tertiary/aromatic N) is 3. The number of aromatic nitrogens is 2. The molecule has 1 N–H and O–H groups in total. The van der Waals surface area contributed by atoms with Crippen molar-refractivity contribution < 1.29 is 14.3 Å². The van der Waals surface area contributed by atoms with Gasteiger partial charge >= 0.3 is 0 Å². The maximum absolute atomic E-state index is 12.9. The zero-order valence-electron chi connectivity index (χ0n) is 16.9. The maximum Gasteiger partial charge on any atom is 0.289 e. The van der Waals surface area contributed by atoms with Crippen molar-refractivity contribution in [3.8, 4) is 0 Å². The van der Waals surface area contributed by atoms with E-state index in [1.165, 1.54) is 6.07 Å². The molecule has 1 amide bonds. The highest BCUT2D eigenvalue weighted by atomic mass is 16.3. The number of aliphatic hydroxyl groups is 1. The molecule has 7 nitrogen and oxygen atoms in total. The van der Waals surface area contributed by atoms with Gasteiger partial charge in [0.05, 0.1) is 17.5 Å². The number of hydrogen-bond donors (Lipinski definition) is 1. The van der Waals surface area contributed by atoms with E-state index in [0.29, 0.717) is 43.4 Å². The molecule has 0 bridgehead atoms. The number of carbonyl (C=O) groups is 1. The van der Waals surface area contributed by atoms with Crippen molar-refractivity contribution in [2.45, 2.75) is 45.8 Å². The van der Waals surface area contributed by atoms with Crippen LogP contribution in [-0.4, -0.2) is 44.2 Å². The van der Waals surface area contributed by atoms with Crippen molar-refractivity contribution in [1.29, 1.82) is 0 Å². The average molecular weight is 395 g/mol. The lowest BCUT2D eigenvalue weighted by atomic mass is 9.91. The van der Waals surface area contributed by atoms with Crippen LogP contribution in [0.3, 0.4) is 0 Å². The monoisotopic (exact) mass is 395 g/mol. The summed E-state index contributed by atoms with van der Waals surface area (Å²) in [7, 11) is 0. The second kappa shape index (κ2) is 7.15. The van der Waals surface area contributed by atoms with Gasteiger partial charge in [-0.2, -0.15) is 0 Å². The molecule has 7 heteroatoms. The zero-order valence-corrected chi connectivity index (χ0v) is 16.9. The Bertz CT molecular complexity index is 1140. The summed E-state index contributed by atoms with van der Waals surface area (Å²) >= 11 is 0. The van der Waals surface area contributed by atoms with Gasteiger partial charge in [-0.05, 0) is 56.9 Å². The summed E-state index contributed by atoms with van der Waals surface area (Å²) in [6.07, 6.45) is 4.46. The van der Waals surface area contributed by atoms with Crippen molar-refractivity contribution in [2.24, 2.45) is 0 Å². The van der Waals surface area contributed by atoms with Crippen LogP contribution in [-0.2, 0) is 6.54 Å². The van der Waals surface area contributed by atoms with E-state index in [9.17, 15) is 14.7 Å². The number of benzene rings is 1. The Morgan fingerprint density at radius 2 is 1.86 bits per heavy atom. The van der Waals surface area contributed by atoms with Crippen LogP contribution in [0.5, 0.6) is 0 Å². The first-order chi connectivity index (χ1) is 13.8. The molecule has 29 heavy (non-hydrogen) atoms. The van der Waals surface area contributed by atoms with E-state index in [-0.39, 0.29) is 17.1 Å². The van der Waals surface area contributed by atoms with Gasteiger partial charge in [0.15, 0.2) is 11.2 Å². The largest absolute Gasteiger partial charge is 0.451 e. The van der Waals surface area contributed by atoms with E-state index in [0.717, 1.165) is 17.0 Å².